The summed E-state index contributed by atoms with van der Waals surface area (Å²) in [5.41, 5.74) is 0.836. The Morgan fingerprint density at radius 1 is 1.17 bits per heavy atom. The molecule has 0 aliphatic carbocycles. The SMILES string of the molecule is COc1ccc(-c2noc(CC(=O)N3CCCCCC3)n2)cc1. The summed E-state index contributed by atoms with van der Waals surface area (Å²) < 4.78 is 10.4. The molecule has 122 valence electrons. The fraction of sp³-hybridized carbons (Fsp3) is 0.471. The van der Waals surface area contributed by atoms with Gasteiger partial charge in [-0.25, -0.2) is 0 Å². The lowest BCUT2D eigenvalue weighted by molar-refractivity contribution is -0.130. The first-order valence-electron chi connectivity index (χ1n) is 8.01. The average Bonchev–Trinajstić information content (AvgIpc) is 2.87. The van der Waals surface area contributed by atoms with Crippen LogP contribution in [0.15, 0.2) is 28.8 Å². The molecule has 1 fully saturated rings. The van der Waals surface area contributed by atoms with E-state index in [4.69, 9.17) is 9.26 Å². The van der Waals surface area contributed by atoms with E-state index in [1.165, 1.54) is 12.8 Å². The highest BCUT2D eigenvalue weighted by atomic mass is 16.5. The molecule has 0 unspecified atom stereocenters. The Kier molecular flexibility index (Phi) is 4.90. The summed E-state index contributed by atoms with van der Waals surface area (Å²) in [7, 11) is 1.62. The zero-order chi connectivity index (χ0) is 16.1. The molecule has 1 amide bonds. The van der Waals surface area contributed by atoms with Crippen LogP contribution in [0.5, 0.6) is 5.75 Å². The Morgan fingerprint density at radius 2 is 1.87 bits per heavy atom. The Balaban J connectivity index is 1.65. The molecule has 2 heterocycles. The summed E-state index contributed by atoms with van der Waals surface area (Å²) >= 11 is 0. The van der Waals surface area contributed by atoms with Crippen LogP contribution in [0.2, 0.25) is 0 Å². The van der Waals surface area contributed by atoms with Crippen LogP contribution >= 0.6 is 0 Å². The number of amides is 1. The van der Waals surface area contributed by atoms with Gasteiger partial charge in [-0.1, -0.05) is 18.0 Å². The maximum atomic E-state index is 12.3. The van der Waals surface area contributed by atoms with E-state index in [1.807, 2.05) is 29.2 Å². The molecule has 0 radical (unpaired) electrons. The van der Waals surface area contributed by atoms with Crippen molar-refractivity contribution in [3.05, 3.63) is 30.2 Å². The number of benzene rings is 1. The van der Waals surface area contributed by atoms with Crippen molar-refractivity contribution in [2.75, 3.05) is 20.2 Å². The maximum absolute atomic E-state index is 12.3. The standard InChI is InChI=1S/C17H21N3O3/c1-22-14-8-6-13(7-9-14)17-18-15(23-19-17)12-16(21)20-10-4-2-3-5-11-20/h6-9H,2-5,10-12H2,1H3. The second-order valence-corrected chi connectivity index (χ2v) is 5.71. The van der Waals surface area contributed by atoms with Crippen LogP contribution in [0, 0.1) is 0 Å². The minimum Gasteiger partial charge on any atom is -0.497 e. The van der Waals surface area contributed by atoms with Crippen LogP contribution < -0.4 is 4.74 Å². The van der Waals surface area contributed by atoms with Crippen molar-refractivity contribution in [3.8, 4) is 17.1 Å². The Labute approximate surface area is 135 Å². The van der Waals surface area contributed by atoms with Crippen molar-refractivity contribution in [2.45, 2.75) is 32.1 Å². The third-order valence-electron chi connectivity index (χ3n) is 4.08. The molecule has 1 aromatic heterocycles. The van der Waals surface area contributed by atoms with Crippen LogP contribution in [0.1, 0.15) is 31.6 Å². The summed E-state index contributed by atoms with van der Waals surface area (Å²) in [4.78, 5) is 18.6. The number of nitrogens with zero attached hydrogens (tertiary/aromatic N) is 3. The quantitative estimate of drug-likeness (QED) is 0.867. The van der Waals surface area contributed by atoms with Crippen molar-refractivity contribution >= 4 is 5.91 Å². The van der Waals surface area contributed by atoms with Crippen LogP contribution in [-0.2, 0) is 11.2 Å². The van der Waals surface area contributed by atoms with Gasteiger partial charge >= 0.3 is 0 Å². The maximum Gasteiger partial charge on any atom is 0.236 e. The van der Waals surface area contributed by atoms with Gasteiger partial charge in [0.15, 0.2) is 0 Å². The van der Waals surface area contributed by atoms with Crippen LogP contribution in [-0.4, -0.2) is 41.1 Å². The number of rotatable bonds is 4. The molecule has 0 saturated carbocycles. The molecule has 3 rings (SSSR count). The van der Waals surface area contributed by atoms with Gasteiger partial charge in [0.1, 0.15) is 12.2 Å². The number of hydrogen-bond acceptors (Lipinski definition) is 5. The van der Waals surface area contributed by atoms with Crippen molar-refractivity contribution < 1.29 is 14.1 Å². The van der Waals surface area contributed by atoms with E-state index in [2.05, 4.69) is 10.1 Å². The molecule has 1 aliphatic rings. The van der Waals surface area contributed by atoms with Crippen LogP contribution in [0.4, 0.5) is 0 Å². The lowest BCUT2D eigenvalue weighted by atomic mass is 10.2. The molecule has 1 aromatic carbocycles. The Morgan fingerprint density at radius 3 is 2.52 bits per heavy atom. The minimum absolute atomic E-state index is 0.0665. The fourth-order valence-corrected chi connectivity index (χ4v) is 2.75. The van der Waals surface area contributed by atoms with Gasteiger partial charge in [-0.15, -0.1) is 0 Å². The molecule has 0 atom stereocenters. The number of aromatic nitrogens is 2. The molecule has 23 heavy (non-hydrogen) atoms. The van der Waals surface area contributed by atoms with E-state index in [0.717, 1.165) is 37.2 Å². The topological polar surface area (TPSA) is 68.5 Å². The second-order valence-electron chi connectivity index (χ2n) is 5.71. The van der Waals surface area contributed by atoms with Gasteiger partial charge in [-0.3, -0.25) is 4.79 Å². The highest BCUT2D eigenvalue weighted by Gasteiger charge is 2.19. The molecule has 1 aliphatic heterocycles. The number of carbonyl (C=O) groups is 1. The van der Waals surface area contributed by atoms with E-state index in [-0.39, 0.29) is 12.3 Å². The lowest BCUT2D eigenvalue weighted by Gasteiger charge is -2.19. The predicted molar refractivity (Wildman–Crippen MR) is 85.0 cm³/mol. The first-order valence-corrected chi connectivity index (χ1v) is 8.01. The molecule has 6 nitrogen and oxygen atoms in total. The largest absolute Gasteiger partial charge is 0.497 e. The Bertz CT molecular complexity index is 643. The number of likely N-dealkylation sites (tertiary alicyclic amines) is 1. The smallest absolute Gasteiger partial charge is 0.236 e. The zero-order valence-corrected chi connectivity index (χ0v) is 13.3. The minimum atomic E-state index is 0.0665. The average molecular weight is 315 g/mol. The summed E-state index contributed by atoms with van der Waals surface area (Å²) in [5, 5.41) is 3.96. The second kappa shape index (κ2) is 7.26. The van der Waals surface area contributed by atoms with Gasteiger partial charge in [-0.05, 0) is 37.1 Å². The van der Waals surface area contributed by atoms with Crippen molar-refractivity contribution in [3.63, 3.8) is 0 Å². The summed E-state index contributed by atoms with van der Waals surface area (Å²) in [6.07, 6.45) is 4.72. The molecule has 6 heteroatoms. The zero-order valence-electron chi connectivity index (χ0n) is 13.3. The monoisotopic (exact) mass is 315 g/mol. The third kappa shape index (κ3) is 3.88. The van der Waals surface area contributed by atoms with Gasteiger partial charge < -0.3 is 14.2 Å². The van der Waals surface area contributed by atoms with E-state index in [0.29, 0.717) is 11.7 Å². The van der Waals surface area contributed by atoms with Crippen LogP contribution in [0.3, 0.4) is 0 Å². The van der Waals surface area contributed by atoms with E-state index < -0.39 is 0 Å². The highest BCUT2D eigenvalue weighted by Crippen LogP contribution is 2.20. The van der Waals surface area contributed by atoms with Gasteiger partial charge in [0, 0.05) is 18.7 Å². The van der Waals surface area contributed by atoms with Crippen LogP contribution in [0.25, 0.3) is 11.4 Å². The van der Waals surface area contributed by atoms with E-state index >= 15 is 0 Å². The molecule has 0 spiro atoms. The molecule has 2 aromatic rings. The first kappa shape index (κ1) is 15.5. The lowest BCUT2D eigenvalue weighted by Crippen LogP contribution is -2.33. The summed E-state index contributed by atoms with van der Waals surface area (Å²) in [5.74, 6) is 1.70. The molecular formula is C17H21N3O3. The van der Waals surface area contributed by atoms with Gasteiger partial charge in [0.25, 0.3) is 0 Å². The van der Waals surface area contributed by atoms with Gasteiger partial charge in [0.2, 0.25) is 17.6 Å². The van der Waals surface area contributed by atoms with Gasteiger partial charge in [0.05, 0.1) is 7.11 Å². The Hall–Kier alpha value is -2.37. The van der Waals surface area contributed by atoms with Crippen molar-refractivity contribution in [2.24, 2.45) is 0 Å². The van der Waals surface area contributed by atoms with Gasteiger partial charge in [-0.2, -0.15) is 4.98 Å². The van der Waals surface area contributed by atoms with E-state index in [9.17, 15) is 4.79 Å². The number of ether oxygens (including phenoxy) is 1. The third-order valence-corrected chi connectivity index (χ3v) is 4.08. The summed E-state index contributed by atoms with van der Waals surface area (Å²) in [6.45, 7) is 1.66. The molecular weight excluding hydrogens is 294 g/mol. The number of carbonyl (C=O) groups excluding carboxylic acids is 1. The van der Waals surface area contributed by atoms with Crippen molar-refractivity contribution in [1.82, 2.24) is 15.0 Å². The fourth-order valence-electron chi connectivity index (χ4n) is 2.75. The molecule has 0 bridgehead atoms. The normalized spacial score (nSPS) is 15.3. The number of hydrogen-bond donors (Lipinski definition) is 0. The highest BCUT2D eigenvalue weighted by molar-refractivity contribution is 5.78. The first-order chi connectivity index (χ1) is 11.3. The summed E-state index contributed by atoms with van der Waals surface area (Å²) in [6, 6.07) is 7.41. The van der Waals surface area contributed by atoms with Crippen molar-refractivity contribution in [1.29, 1.82) is 0 Å². The molecule has 0 N–H and O–H groups in total. The predicted octanol–water partition coefficient (Wildman–Crippen LogP) is 2.69. The molecule has 1 saturated heterocycles. The van der Waals surface area contributed by atoms with E-state index in [1.54, 1.807) is 7.11 Å². The number of methoxy groups -OCH3 is 1.